The first kappa shape index (κ1) is 12.7. The zero-order chi connectivity index (χ0) is 12.7. The van der Waals surface area contributed by atoms with Crippen molar-refractivity contribution >= 4 is 5.97 Å². The second-order valence-corrected chi connectivity index (χ2v) is 3.17. The molecule has 0 aromatic carbocycles. The Morgan fingerprint density at radius 3 is 3.00 bits per heavy atom. The van der Waals surface area contributed by atoms with Crippen LogP contribution in [0.1, 0.15) is 6.92 Å². The summed E-state index contributed by atoms with van der Waals surface area (Å²) in [7, 11) is 1.82. The van der Waals surface area contributed by atoms with Crippen molar-refractivity contribution in [1.82, 2.24) is 4.57 Å². The first-order chi connectivity index (χ1) is 8.19. The highest BCUT2D eigenvalue weighted by atomic mass is 16.5. The SMILES string of the molecule is CCOC(=O)/C(C#N)=C/N=c1ccccn1C. The molecule has 0 atom stereocenters. The summed E-state index contributed by atoms with van der Waals surface area (Å²) in [5.74, 6) is -0.655. The van der Waals surface area contributed by atoms with Crippen molar-refractivity contribution in [2.24, 2.45) is 12.0 Å². The van der Waals surface area contributed by atoms with Crippen LogP contribution in [0.3, 0.4) is 0 Å². The normalized spacial score (nSPS) is 12.1. The first-order valence-electron chi connectivity index (χ1n) is 5.12. The van der Waals surface area contributed by atoms with Crippen LogP contribution in [0.5, 0.6) is 0 Å². The maximum Gasteiger partial charge on any atom is 0.350 e. The third-order valence-electron chi connectivity index (χ3n) is 1.97. The summed E-state index contributed by atoms with van der Waals surface area (Å²) < 4.78 is 6.49. The molecule has 17 heavy (non-hydrogen) atoms. The van der Waals surface area contributed by atoms with Gasteiger partial charge < -0.3 is 9.30 Å². The molecule has 1 rings (SSSR count). The van der Waals surface area contributed by atoms with E-state index in [4.69, 9.17) is 10.00 Å². The summed E-state index contributed by atoms with van der Waals surface area (Å²) in [5, 5.41) is 8.78. The van der Waals surface area contributed by atoms with E-state index in [0.29, 0.717) is 5.49 Å². The van der Waals surface area contributed by atoms with E-state index < -0.39 is 5.97 Å². The number of pyridine rings is 1. The van der Waals surface area contributed by atoms with Gasteiger partial charge in [0.05, 0.1) is 12.8 Å². The molecule has 5 nitrogen and oxygen atoms in total. The molecule has 0 saturated heterocycles. The Morgan fingerprint density at radius 2 is 2.41 bits per heavy atom. The minimum Gasteiger partial charge on any atom is -0.462 e. The van der Waals surface area contributed by atoms with E-state index in [1.807, 2.05) is 25.4 Å². The van der Waals surface area contributed by atoms with Gasteiger partial charge in [-0.15, -0.1) is 0 Å². The molecular weight excluding hydrogens is 218 g/mol. The standard InChI is InChI=1S/C12H13N3O2/c1-3-17-12(16)10(8-13)9-14-11-6-4-5-7-15(11)2/h4-7,9H,3H2,1-2H3/b10-9+,14-11?. The maximum atomic E-state index is 11.3. The van der Waals surface area contributed by atoms with Gasteiger partial charge in [-0.25, -0.2) is 9.79 Å². The van der Waals surface area contributed by atoms with Crippen molar-refractivity contribution < 1.29 is 9.53 Å². The van der Waals surface area contributed by atoms with Gasteiger partial charge in [0.2, 0.25) is 0 Å². The van der Waals surface area contributed by atoms with Gasteiger partial charge in [-0.2, -0.15) is 5.26 Å². The van der Waals surface area contributed by atoms with E-state index >= 15 is 0 Å². The van der Waals surface area contributed by atoms with Crippen LogP contribution in [0, 0.1) is 11.3 Å². The van der Waals surface area contributed by atoms with Gasteiger partial charge in [0, 0.05) is 13.2 Å². The van der Waals surface area contributed by atoms with Gasteiger partial charge >= 0.3 is 5.97 Å². The lowest BCUT2D eigenvalue weighted by atomic mass is 10.3. The summed E-state index contributed by atoms with van der Waals surface area (Å²) in [5.41, 5.74) is 0.528. The topological polar surface area (TPSA) is 67.4 Å². The molecule has 0 bridgehead atoms. The molecule has 1 aromatic heterocycles. The van der Waals surface area contributed by atoms with Crippen LogP contribution in [-0.4, -0.2) is 17.1 Å². The quantitative estimate of drug-likeness (QED) is 0.441. The average Bonchev–Trinajstić information content (AvgIpc) is 2.32. The maximum absolute atomic E-state index is 11.3. The largest absolute Gasteiger partial charge is 0.462 e. The average molecular weight is 231 g/mol. The molecule has 0 fully saturated rings. The molecule has 0 aliphatic rings. The fourth-order valence-electron chi connectivity index (χ4n) is 1.12. The third kappa shape index (κ3) is 3.61. The fourth-order valence-corrected chi connectivity index (χ4v) is 1.12. The number of aryl methyl sites for hydroxylation is 1. The van der Waals surface area contributed by atoms with Gasteiger partial charge in [0.1, 0.15) is 11.6 Å². The van der Waals surface area contributed by atoms with Gasteiger partial charge in [-0.3, -0.25) is 0 Å². The number of hydrogen-bond donors (Lipinski definition) is 0. The molecule has 0 N–H and O–H groups in total. The highest BCUT2D eigenvalue weighted by Crippen LogP contribution is 1.96. The molecule has 0 aliphatic carbocycles. The van der Waals surface area contributed by atoms with Gasteiger partial charge in [0.25, 0.3) is 0 Å². The third-order valence-corrected chi connectivity index (χ3v) is 1.97. The number of hydrogen-bond acceptors (Lipinski definition) is 4. The summed E-state index contributed by atoms with van der Waals surface area (Å²) >= 11 is 0. The minimum atomic E-state index is -0.655. The molecule has 0 saturated carbocycles. The van der Waals surface area contributed by atoms with Crippen LogP contribution in [0.15, 0.2) is 41.2 Å². The van der Waals surface area contributed by atoms with Gasteiger partial charge in [0.15, 0.2) is 5.57 Å². The second kappa shape index (κ2) is 6.28. The summed E-state index contributed by atoms with van der Waals surface area (Å²) in [6, 6.07) is 7.22. The second-order valence-electron chi connectivity index (χ2n) is 3.17. The summed E-state index contributed by atoms with van der Waals surface area (Å²) in [6.45, 7) is 1.91. The predicted molar refractivity (Wildman–Crippen MR) is 61.3 cm³/mol. The van der Waals surface area contributed by atoms with Crippen molar-refractivity contribution in [3.05, 3.63) is 41.7 Å². The van der Waals surface area contributed by atoms with E-state index in [2.05, 4.69) is 4.99 Å². The Labute approximate surface area is 99.3 Å². The number of rotatable bonds is 3. The van der Waals surface area contributed by atoms with Crippen LogP contribution in [0.25, 0.3) is 0 Å². The Balaban J connectivity index is 3.04. The Kier molecular flexibility index (Phi) is 4.70. The zero-order valence-electron chi connectivity index (χ0n) is 9.75. The Morgan fingerprint density at radius 1 is 1.65 bits per heavy atom. The van der Waals surface area contributed by atoms with Crippen molar-refractivity contribution in [2.75, 3.05) is 6.61 Å². The molecule has 1 aromatic rings. The molecule has 1 heterocycles. The zero-order valence-corrected chi connectivity index (χ0v) is 9.75. The lowest BCUT2D eigenvalue weighted by molar-refractivity contribution is -0.138. The number of carbonyl (C=O) groups is 1. The Hall–Kier alpha value is -2.35. The predicted octanol–water partition coefficient (Wildman–Crippen LogP) is 0.896. The van der Waals surface area contributed by atoms with E-state index in [1.165, 1.54) is 6.20 Å². The van der Waals surface area contributed by atoms with Crippen molar-refractivity contribution in [3.63, 3.8) is 0 Å². The molecule has 0 radical (unpaired) electrons. The lowest BCUT2D eigenvalue weighted by Crippen LogP contribution is -2.15. The monoisotopic (exact) mass is 231 g/mol. The molecule has 88 valence electrons. The van der Waals surface area contributed by atoms with Crippen LogP contribution in [-0.2, 0) is 16.6 Å². The van der Waals surface area contributed by atoms with E-state index in [1.54, 1.807) is 23.6 Å². The molecule has 0 amide bonds. The summed E-state index contributed by atoms with van der Waals surface area (Å²) in [6.07, 6.45) is 3.04. The van der Waals surface area contributed by atoms with Gasteiger partial charge in [-0.05, 0) is 19.1 Å². The molecule has 0 spiro atoms. The van der Waals surface area contributed by atoms with Gasteiger partial charge in [-0.1, -0.05) is 6.07 Å². The van der Waals surface area contributed by atoms with Crippen LogP contribution in [0.4, 0.5) is 0 Å². The summed E-state index contributed by atoms with van der Waals surface area (Å²) in [4.78, 5) is 15.4. The molecule has 5 heteroatoms. The molecule has 0 aliphatic heterocycles. The lowest BCUT2D eigenvalue weighted by Gasteiger charge is -1.98. The van der Waals surface area contributed by atoms with Crippen molar-refractivity contribution in [2.45, 2.75) is 6.92 Å². The highest BCUT2D eigenvalue weighted by molar-refractivity contribution is 5.92. The number of esters is 1. The highest BCUT2D eigenvalue weighted by Gasteiger charge is 2.08. The van der Waals surface area contributed by atoms with Crippen molar-refractivity contribution in [3.8, 4) is 6.07 Å². The molecule has 0 unspecified atom stereocenters. The number of carbonyl (C=O) groups excluding carboxylic acids is 1. The van der Waals surface area contributed by atoms with E-state index in [9.17, 15) is 4.79 Å². The first-order valence-corrected chi connectivity index (χ1v) is 5.12. The van der Waals surface area contributed by atoms with Crippen molar-refractivity contribution in [1.29, 1.82) is 5.26 Å². The van der Waals surface area contributed by atoms with Crippen LogP contribution >= 0.6 is 0 Å². The van der Waals surface area contributed by atoms with E-state index in [0.717, 1.165) is 0 Å². The number of nitriles is 1. The minimum absolute atomic E-state index is 0.115. The number of nitrogens with zero attached hydrogens (tertiary/aromatic N) is 3. The number of ether oxygens (including phenoxy) is 1. The smallest absolute Gasteiger partial charge is 0.350 e. The Bertz CT molecular complexity index is 535. The fraction of sp³-hybridized carbons (Fsp3) is 0.250. The number of aromatic nitrogens is 1. The van der Waals surface area contributed by atoms with Crippen LogP contribution < -0.4 is 5.49 Å². The van der Waals surface area contributed by atoms with E-state index in [-0.39, 0.29) is 12.2 Å². The van der Waals surface area contributed by atoms with Crippen LogP contribution in [0.2, 0.25) is 0 Å². The molecular formula is C12H13N3O2.